The van der Waals surface area contributed by atoms with Crippen LogP contribution in [0.5, 0.6) is 0 Å². The van der Waals surface area contributed by atoms with Gasteiger partial charge in [0.15, 0.2) is 9.84 Å². The Labute approximate surface area is 118 Å². The number of carbonyl (C=O) groups is 1. The van der Waals surface area contributed by atoms with Crippen molar-refractivity contribution in [1.29, 1.82) is 0 Å². The number of nitrogens with zero attached hydrogens (tertiary/aromatic N) is 3. The van der Waals surface area contributed by atoms with Gasteiger partial charge in [-0.1, -0.05) is 20.8 Å². The first kappa shape index (κ1) is 14.8. The van der Waals surface area contributed by atoms with E-state index in [1.54, 1.807) is 0 Å². The number of hydrogen-bond donors (Lipinski definition) is 1. The van der Waals surface area contributed by atoms with Crippen molar-refractivity contribution in [3.05, 3.63) is 17.0 Å². The second-order valence-electron chi connectivity index (χ2n) is 6.22. The summed E-state index contributed by atoms with van der Waals surface area (Å²) in [7, 11) is -3.21. The van der Waals surface area contributed by atoms with E-state index in [1.807, 2.05) is 20.8 Å². The summed E-state index contributed by atoms with van der Waals surface area (Å²) in [5, 5.41) is 13.4. The van der Waals surface area contributed by atoms with Gasteiger partial charge in [0.25, 0.3) is 0 Å². The average Bonchev–Trinajstić information content (AvgIpc) is 2.68. The maximum atomic E-state index is 11.5. The fourth-order valence-corrected chi connectivity index (χ4v) is 3.19. The standard InChI is InChI=1S/C12H19N3O4S/c1-12(2,3)10-8-5-14(11(16)17)6-9(8)13-15(10)7-20(4,18)19/h5-7H2,1-4H3,(H,16,17). The lowest BCUT2D eigenvalue weighted by Crippen LogP contribution is -2.27. The molecule has 7 nitrogen and oxygen atoms in total. The van der Waals surface area contributed by atoms with Crippen molar-refractivity contribution in [1.82, 2.24) is 14.7 Å². The third-order valence-corrected chi connectivity index (χ3v) is 3.87. The topological polar surface area (TPSA) is 92.5 Å². The second kappa shape index (κ2) is 4.47. The summed E-state index contributed by atoms with van der Waals surface area (Å²) in [5.74, 6) is -0.181. The van der Waals surface area contributed by atoms with Crippen molar-refractivity contribution >= 4 is 15.9 Å². The largest absolute Gasteiger partial charge is 0.465 e. The van der Waals surface area contributed by atoms with Crippen LogP contribution in [-0.4, -0.2) is 40.6 Å². The van der Waals surface area contributed by atoms with E-state index in [0.29, 0.717) is 5.69 Å². The van der Waals surface area contributed by atoms with Gasteiger partial charge in [-0.3, -0.25) is 9.58 Å². The Hall–Kier alpha value is -1.57. The lowest BCUT2D eigenvalue weighted by molar-refractivity contribution is 0.144. The number of aromatic nitrogens is 2. The number of hydrogen-bond acceptors (Lipinski definition) is 4. The molecule has 0 radical (unpaired) electrons. The van der Waals surface area contributed by atoms with E-state index in [1.165, 1.54) is 9.58 Å². The van der Waals surface area contributed by atoms with E-state index in [0.717, 1.165) is 17.5 Å². The summed E-state index contributed by atoms with van der Waals surface area (Å²) in [6.45, 7) is 6.37. The SMILES string of the molecule is CC(C)(C)c1c2c(nn1CS(C)(=O)=O)CN(C(=O)O)C2. The van der Waals surface area contributed by atoms with Gasteiger partial charge >= 0.3 is 6.09 Å². The third-order valence-electron chi connectivity index (χ3n) is 3.16. The van der Waals surface area contributed by atoms with E-state index >= 15 is 0 Å². The van der Waals surface area contributed by atoms with Crippen molar-refractivity contribution < 1.29 is 18.3 Å². The minimum Gasteiger partial charge on any atom is -0.465 e. The molecule has 2 rings (SSSR count). The molecule has 1 aromatic rings. The van der Waals surface area contributed by atoms with Crippen LogP contribution in [0.2, 0.25) is 0 Å². The van der Waals surface area contributed by atoms with Crippen LogP contribution in [0.4, 0.5) is 4.79 Å². The van der Waals surface area contributed by atoms with E-state index in [-0.39, 0.29) is 24.4 Å². The van der Waals surface area contributed by atoms with Crippen LogP contribution in [0.25, 0.3) is 0 Å². The van der Waals surface area contributed by atoms with E-state index in [9.17, 15) is 13.2 Å². The fraction of sp³-hybridized carbons (Fsp3) is 0.667. The van der Waals surface area contributed by atoms with Crippen molar-refractivity contribution in [3.63, 3.8) is 0 Å². The molecule has 0 unspecified atom stereocenters. The fourth-order valence-electron chi connectivity index (χ4n) is 2.56. The van der Waals surface area contributed by atoms with E-state index in [2.05, 4.69) is 5.10 Å². The zero-order valence-corrected chi connectivity index (χ0v) is 12.9. The van der Waals surface area contributed by atoms with Gasteiger partial charge in [0, 0.05) is 17.2 Å². The molecule has 1 aliphatic rings. The number of fused-ring (bicyclic) bond motifs is 1. The van der Waals surface area contributed by atoms with Crippen molar-refractivity contribution in [3.8, 4) is 0 Å². The van der Waals surface area contributed by atoms with Crippen LogP contribution in [0.1, 0.15) is 37.7 Å². The Kier molecular flexibility index (Phi) is 3.32. The molecule has 0 saturated carbocycles. The molecule has 0 fully saturated rings. The highest BCUT2D eigenvalue weighted by atomic mass is 32.2. The summed E-state index contributed by atoms with van der Waals surface area (Å²) in [5.41, 5.74) is 1.98. The second-order valence-corrected chi connectivity index (χ2v) is 8.33. The molecule has 0 spiro atoms. The Morgan fingerprint density at radius 2 is 1.95 bits per heavy atom. The van der Waals surface area contributed by atoms with Gasteiger partial charge in [-0.2, -0.15) is 5.10 Å². The Balaban J connectivity index is 2.49. The number of carboxylic acid groups (broad SMARTS) is 1. The average molecular weight is 301 g/mol. The molecular formula is C12H19N3O4S. The predicted molar refractivity (Wildman–Crippen MR) is 73.0 cm³/mol. The minimum absolute atomic E-state index is 0.181. The van der Waals surface area contributed by atoms with E-state index < -0.39 is 15.9 Å². The zero-order valence-electron chi connectivity index (χ0n) is 12.0. The summed E-state index contributed by atoms with van der Waals surface area (Å²) >= 11 is 0. The lowest BCUT2D eigenvalue weighted by Gasteiger charge is -2.23. The molecule has 0 aromatic carbocycles. The first-order valence-electron chi connectivity index (χ1n) is 6.23. The summed E-state index contributed by atoms with van der Waals surface area (Å²) in [6, 6.07) is 0. The van der Waals surface area contributed by atoms with Gasteiger partial charge < -0.3 is 5.11 Å². The molecule has 0 saturated heterocycles. The lowest BCUT2D eigenvalue weighted by atomic mass is 9.89. The molecule has 8 heteroatoms. The highest BCUT2D eigenvalue weighted by Crippen LogP contribution is 2.33. The van der Waals surface area contributed by atoms with Crippen LogP contribution in [0.3, 0.4) is 0 Å². The third kappa shape index (κ3) is 2.79. The number of amides is 1. The molecule has 0 bridgehead atoms. The van der Waals surface area contributed by atoms with Crippen LogP contribution >= 0.6 is 0 Å². The normalized spacial score (nSPS) is 15.5. The number of sulfone groups is 1. The van der Waals surface area contributed by atoms with Crippen LogP contribution < -0.4 is 0 Å². The van der Waals surface area contributed by atoms with Crippen LogP contribution in [-0.2, 0) is 34.2 Å². The smallest absolute Gasteiger partial charge is 0.407 e. The van der Waals surface area contributed by atoms with Crippen molar-refractivity contribution in [2.45, 2.75) is 45.2 Å². The van der Waals surface area contributed by atoms with Crippen LogP contribution in [0, 0.1) is 0 Å². The maximum absolute atomic E-state index is 11.5. The molecule has 2 heterocycles. The van der Waals surface area contributed by atoms with Gasteiger partial charge in [0.05, 0.1) is 24.5 Å². The molecule has 0 atom stereocenters. The van der Waals surface area contributed by atoms with E-state index in [4.69, 9.17) is 5.11 Å². The molecular weight excluding hydrogens is 282 g/mol. The predicted octanol–water partition coefficient (Wildman–Crippen LogP) is 1.18. The van der Waals surface area contributed by atoms with Gasteiger partial charge in [0.1, 0.15) is 5.88 Å². The van der Waals surface area contributed by atoms with Gasteiger partial charge in [-0.25, -0.2) is 13.2 Å². The Bertz CT molecular complexity index is 655. The molecule has 0 aliphatic carbocycles. The molecule has 1 aromatic heterocycles. The monoisotopic (exact) mass is 301 g/mol. The van der Waals surface area contributed by atoms with Crippen LogP contribution in [0.15, 0.2) is 0 Å². The number of rotatable bonds is 2. The first-order valence-corrected chi connectivity index (χ1v) is 8.30. The molecule has 112 valence electrons. The Morgan fingerprint density at radius 1 is 1.35 bits per heavy atom. The van der Waals surface area contributed by atoms with Crippen molar-refractivity contribution in [2.75, 3.05) is 6.26 Å². The minimum atomic E-state index is -3.21. The van der Waals surface area contributed by atoms with Gasteiger partial charge in [0.2, 0.25) is 0 Å². The molecule has 20 heavy (non-hydrogen) atoms. The van der Waals surface area contributed by atoms with Crippen molar-refractivity contribution in [2.24, 2.45) is 0 Å². The van der Waals surface area contributed by atoms with Gasteiger partial charge in [-0.05, 0) is 0 Å². The first-order chi connectivity index (χ1) is 8.99. The highest BCUT2D eigenvalue weighted by Gasteiger charge is 2.34. The molecule has 1 N–H and O–H groups in total. The zero-order chi connectivity index (χ0) is 15.3. The molecule has 1 amide bonds. The molecule has 1 aliphatic heterocycles. The highest BCUT2D eigenvalue weighted by molar-refractivity contribution is 7.89. The van der Waals surface area contributed by atoms with Gasteiger partial charge in [-0.15, -0.1) is 0 Å². The Morgan fingerprint density at radius 3 is 2.40 bits per heavy atom. The quantitative estimate of drug-likeness (QED) is 0.885. The summed E-state index contributed by atoms with van der Waals surface area (Å²) in [4.78, 5) is 12.3. The maximum Gasteiger partial charge on any atom is 0.407 e. The summed E-state index contributed by atoms with van der Waals surface area (Å²) < 4.78 is 24.5. The summed E-state index contributed by atoms with van der Waals surface area (Å²) in [6.07, 6.45) is 0.174.